The van der Waals surface area contributed by atoms with Gasteiger partial charge in [-0.15, -0.1) is 0 Å². The highest BCUT2D eigenvalue weighted by molar-refractivity contribution is 5.91. The lowest BCUT2D eigenvalue weighted by Crippen LogP contribution is -2.42. The number of methoxy groups -OCH3 is 1. The van der Waals surface area contributed by atoms with Gasteiger partial charge in [-0.1, -0.05) is 18.2 Å². The van der Waals surface area contributed by atoms with E-state index in [1.54, 1.807) is 24.4 Å². The van der Waals surface area contributed by atoms with Crippen LogP contribution in [-0.2, 0) is 6.42 Å². The van der Waals surface area contributed by atoms with Gasteiger partial charge in [0.25, 0.3) is 5.91 Å². The summed E-state index contributed by atoms with van der Waals surface area (Å²) in [6.07, 6.45) is 7.97. The third kappa shape index (κ3) is 5.26. The summed E-state index contributed by atoms with van der Waals surface area (Å²) in [6, 6.07) is 8.21. The maximum absolute atomic E-state index is 12.5. The number of hydrogen-bond acceptors (Lipinski definition) is 5. The Morgan fingerprint density at radius 2 is 2.19 bits per heavy atom. The van der Waals surface area contributed by atoms with Gasteiger partial charge in [-0.3, -0.25) is 9.78 Å². The zero-order valence-electron chi connectivity index (χ0n) is 16.2. The molecule has 27 heavy (non-hydrogen) atoms. The highest BCUT2D eigenvalue weighted by atomic mass is 16.5. The molecule has 1 aromatic carbocycles. The minimum Gasteiger partial charge on any atom is -0.496 e. The first-order valence-electron chi connectivity index (χ1n) is 9.53. The molecule has 1 aliphatic rings. The molecular weight excluding hydrogens is 340 g/mol. The standard InChI is InChI=1S/C21H28N4O2/c1-24(21(26)19-14-22-10-11-23-19)15-17-6-5-12-25(16-17)13-9-18-7-3-4-8-20(18)27-2/h3-4,7-8,10-11,14,17H,5-6,9,12-13,15-16H2,1-2H3. The van der Waals surface area contributed by atoms with Gasteiger partial charge in [-0.05, 0) is 43.4 Å². The van der Waals surface area contributed by atoms with Crippen LogP contribution in [0.2, 0.25) is 0 Å². The number of likely N-dealkylation sites (tertiary alicyclic amines) is 1. The van der Waals surface area contributed by atoms with Crippen LogP contribution in [0.1, 0.15) is 28.9 Å². The van der Waals surface area contributed by atoms with Crippen LogP contribution in [0.5, 0.6) is 5.75 Å². The molecule has 1 unspecified atom stereocenters. The van der Waals surface area contributed by atoms with Gasteiger partial charge in [0.2, 0.25) is 0 Å². The molecule has 144 valence electrons. The van der Waals surface area contributed by atoms with E-state index in [1.807, 2.05) is 19.2 Å². The maximum Gasteiger partial charge on any atom is 0.273 e. The van der Waals surface area contributed by atoms with Crippen molar-refractivity contribution in [1.29, 1.82) is 0 Å². The molecule has 0 radical (unpaired) electrons. The zero-order chi connectivity index (χ0) is 19.1. The van der Waals surface area contributed by atoms with Crippen LogP contribution in [-0.4, -0.2) is 66.0 Å². The average molecular weight is 368 g/mol. The molecule has 1 aromatic heterocycles. The fourth-order valence-corrected chi connectivity index (χ4v) is 3.77. The van der Waals surface area contributed by atoms with E-state index in [1.165, 1.54) is 18.2 Å². The molecule has 1 fully saturated rings. The van der Waals surface area contributed by atoms with E-state index in [2.05, 4.69) is 27.0 Å². The summed E-state index contributed by atoms with van der Waals surface area (Å²) in [5, 5.41) is 0. The predicted octanol–water partition coefficient (Wildman–Crippen LogP) is 2.51. The fourth-order valence-electron chi connectivity index (χ4n) is 3.77. The monoisotopic (exact) mass is 368 g/mol. The second-order valence-electron chi connectivity index (χ2n) is 7.15. The second kappa shape index (κ2) is 9.46. The molecule has 1 atom stereocenters. The lowest BCUT2D eigenvalue weighted by molar-refractivity contribution is 0.0724. The number of amides is 1. The van der Waals surface area contributed by atoms with Gasteiger partial charge in [-0.25, -0.2) is 4.98 Å². The number of hydrogen-bond donors (Lipinski definition) is 0. The van der Waals surface area contributed by atoms with Gasteiger partial charge in [0.1, 0.15) is 11.4 Å². The number of piperidine rings is 1. The number of carbonyl (C=O) groups is 1. The molecule has 6 nitrogen and oxygen atoms in total. The van der Waals surface area contributed by atoms with Crippen molar-refractivity contribution < 1.29 is 9.53 Å². The molecule has 0 bridgehead atoms. The summed E-state index contributed by atoms with van der Waals surface area (Å²) in [5.74, 6) is 1.39. The summed E-state index contributed by atoms with van der Waals surface area (Å²) in [4.78, 5) is 24.9. The smallest absolute Gasteiger partial charge is 0.273 e. The van der Waals surface area contributed by atoms with E-state index in [9.17, 15) is 4.79 Å². The number of aromatic nitrogens is 2. The predicted molar refractivity (Wildman–Crippen MR) is 105 cm³/mol. The summed E-state index contributed by atoms with van der Waals surface area (Å²) in [5.41, 5.74) is 1.65. The second-order valence-corrected chi connectivity index (χ2v) is 7.15. The van der Waals surface area contributed by atoms with Crippen molar-refractivity contribution >= 4 is 5.91 Å². The first kappa shape index (κ1) is 19.3. The Morgan fingerprint density at radius 3 is 2.96 bits per heavy atom. The number of nitrogens with zero attached hydrogens (tertiary/aromatic N) is 4. The quantitative estimate of drug-likeness (QED) is 0.752. The lowest BCUT2D eigenvalue weighted by Gasteiger charge is -2.34. The highest BCUT2D eigenvalue weighted by Gasteiger charge is 2.23. The Kier molecular flexibility index (Phi) is 6.76. The minimum absolute atomic E-state index is 0.0609. The molecule has 0 spiro atoms. The van der Waals surface area contributed by atoms with E-state index < -0.39 is 0 Å². The van der Waals surface area contributed by atoms with Crippen molar-refractivity contribution in [3.8, 4) is 5.75 Å². The summed E-state index contributed by atoms with van der Waals surface area (Å²) in [7, 11) is 3.57. The minimum atomic E-state index is -0.0609. The number of para-hydroxylation sites is 1. The molecule has 1 saturated heterocycles. The van der Waals surface area contributed by atoms with Crippen LogP contribution in [0.4, 0.5) is 0 Å². The first-order valence-corrected chi connectivity index (χ1v) is 9.53. The number of rotatable bonds is 7. The van der Waals surface area contributed by atoms with E-state index in [-0.39, 0.29) is 5.91 Å². The number of carbonyl (C=O) groups excluding carboxylic acids is 1. The topological polar surface area (TPSA) is 58.6 Å². The highest BCUT2D eigenvalue weighted by Crippen LogP contribution is 2.21. The molecule has 2 heterocycles. The van der Waals surface area contributed by atoms with Crippen molar-refractivity contribution in [1.82, 2.24) is 19.8 Å². The molecule has 6 heteroatoms. The molecule has 0 N–H and O–H groups in total. The molecule has 0 aliphatic carbocycles. The number of benzene rings is 1. The van der Waals surface area contributed by atoms with Crippen molar-refractivity contribution in [2.45, 2.75) is 19.3 Å². The van der Waals surface area contributed by atoms with Gasteiger partial charge >= 0.3 is 0 Å². The van der Waals surface area contributed by atoms with Crippen LogP contribution in [0.25, 0.3) is 0 Å². The van der Waals surface area contributed by atoms with Crippen molar-refractivity contribution in [2.24, 2.45) is 5.92 Å². The van der Waals surface area contributed by atoms with Crippen LogP contribution >= 0.6 is 0 Å². The van der Waals surface area contributed by atoms with Gasteiger partial charge in [0.05, 0.1) is 13.3 Å². The van der Waals surface area contributed by atoms with Gasteiger partial charge in [-0.2, -0.15) is 0 Å². The van der Waals surface area contributed by atoms with Crippen LogP contribution < -0.4 is 4.74 Å². The molecule has 0 saturated carbocycles. The largest absolute Gasteiger partial charge is 0.496 e. The van der Waals surface area contributed by atoms with Crippen LogP contribution in [0.15, 0.2) is 42.9 Å². The maximum atomic E-state index is 12.5. The van der Waals surface area contributed by atoms with Crippen LogP contribution in [0.3, 0.4) is 0 Å². The first-order chi connectivity index (χ1) is 13.2. The fraction of sp³-hybridized carbons (Fsp3) is 0.476. The molecular formula is C21H28N4O2. The summed E-state index contributed by atoms with van der Waals surface area (Å²) in [6.45, 7) is 3.90. The summed E-state index contributed by atoms with van der Waals surface area (Å²) >= 11 is 0. The van der Waals surface area contributed by atoms with E-state index in [4.69, 9.17) is 4.74 Å². The normalized spacial score (nSPS) is 17.5. The Balaban J connectivity index is 1.51. The van der Waals surface area contributed by atoms with Crippen molar-refractivity contribution in [3.05, 3.63) is 54.1 Å². The van der Waals surface area contributed by atoms with Crippen LogP contribution in [0, 0.1) is 5.92 Å². The Morgan fingerprint density at radius 1 is 1.33 bits per heavy atom. The zero-order valence-corrected chi connectivity index (χ0v) is 16.2. The van der Waals surface area contributed by atoms with Gasteiger partial charge in [0, 0.05) is 39.1 Å². The van der Waals surface area contributed by atoms with Crippen molar-refractivity contribution in [3.63, 3.8) is 0 Å². The molecule has 2 aromatic rings. The Labute approximate surface area is 161 Å². The van der Waals surface area contributed by atoms with Gasteiger partial charge in [0.15, 0.2) is 0 Å². The average Bonchev–Trinajstić information content (AvgIpc) is 2.72. The van der Waals surface area contributed by atoms with Gasteiger partial charge < -0.3 is 14.5 Å². The van der Waals surface area contributed by atoms with E-state index in [0.717, 1.165) is 44.8 Å². The Hall–Kier alpha value is -2.47. The van der Waals surface area contributed by atoms with E-state index in [0.29, 0.717) is 11.6 Å². The molecule has 1 amide bonds. The molecule has 1 aliphatic heterocycles. The van der Waals surface area contributed by atoms with E-state index >= 15 is 0 Å². The summed E-state index contributed by atoms with van der Waals surface area (Å²) < 4.78 is 5.45. The molecule has 3 rings (SSSR count). The SMILES string of the molecule is COc1ccccc1CCN1CCCC(CN(C)C(=O)c2cnccn2)C1. The number of ether oxygens (including phenoxy) is 1. The third-order valence-corrected chi connectivity index (χ3v) is 5.15. The Bertz CT molecular complexity index is 738. The third-order valence-electron chi connectivity index (χ3n) is 5.15. The lowest BCUT2D eigenvalue weighted by atomic mass is 9.97. The van der Waals surface area contributed by atoms with Crippen molar-refractivity contribution in [2.75, 3.05) is 40.3 Å².